The predicted octanol–water partition coefficient (Wildman–Crippen LogP) is 3.30. The van der Waals surface area contributed by atoms with Gasteiger partial charge < -0.3 is 19.7 Å². The maximum Gasteiger partial charge on any atom is 0.226 e. The minimum atomic E-state index is -0.277. The normalized spacial score (nSPS) is 16.8. The molecular formula is C19H21N3O3. The van der Waals surface area contributed by atoms with Crippen LogP contribution in [-0.2, 0) is 10.3 Å². The Balaban J connectivity index is 2.22. The van der Waals surface area contributed by atoms with Crippen LogP contribution in [0.25, 0.3) is 0 Å². The number of hydrogen-bond donors (Lipinski definition) is 2. The van der Waals surface area contributed by atoms with Gasteiger partial charge in [-0.25, -0.2) is 0 Å². The molecule has 0 aliphatic carbocycles. The average molecular weight is 339 g/mol. The van der Waals surface area contributed by atoms with Crippen molar-refractivity contribution in [2.24, 2.45) is 0 Å². The van der Waals surface area contributed by atoms with E-state index in [1.54, 1.807) is 24.4 Å². The number of carbonyl (C=O) groups is 1. The highest BCUT2D eigenvalue weighted by Gasteiger charge is 2.35. The van der Waals surface area contributed by atoms with Crippen molar-refractivity contribution in [2.45, 2.75) is 38.6 Å². The van der Waals surface area contributed by atoms with Crippen molar-refractivity contribution >= 4 is 11.7 Å². The summed E-state index contributed by atoms with van der Waals surface area (Å²) in [6.07, 6.45) is 2.03. The van der Waals surface area contributed by atoms with Crippen molar-refractivity contribution in [3.63, 3.8) is 0 Å². The van der Waals surface area contributed by atoms with Gasteiger partial charge in [-0.1, -0.05) is 6.07 Å². The van der Waals surface area contributed by atoms with Gasteiger partial charge in [-0.05, 0) is 38.5 Å². The van der Waals surface area contributed by atoms with Gasteiger partial charge in [-0.3, -0.25) is 4.79 Å². The van der Waals surface area contributed by atoms with Crippen molar-refractivity contribution in [1.82, 2.24) is 4.57 Å². The Labute approximate surface area is 146 Å². The highest BCUT2D eigenvalue weighted by Crippen LogP contribution is 2.43. The molecule has 6 heteroatoms. The van der Waals surface area contributed by atoms with E-state index in [0.29, 0.717) is 17.1 Å². The summed E-state index contributed by atoms with van der Waals surface area (Å²) >= 11 is 0. The number of rotatable bonds is 2. The standard InChI is InChI=1S/C19H21N3O3/c1-19(2,3)22-10-12(9-20)17-13(8-16(24)21-18(17)22)11-5-6-14(23)15(7-11)25-4/h5-7,10,13,23H,8H2,1-4H3,(H,21,24)/t13-/m1/s1. The fourth-order valence-corrected chi connectivity index (χ4v) is 3.29. The number of amides is 1. The first-order valence-corrected chi connectivity index (χ1v) is 8.08. The first kappa shape index (κ1) is 16.9. The Kier molecular flexibility index (Phi) is 3.96. The molecule has 3 rings (SSSR count). The first-order valence-electron chi connectivity index (χ1n) is 8.08. The monoisotopic (exact) mass is 339 g/mol. The number of anilines is 1. The molecule has 1 aliphatic rings. The minimum Gasteiger partial charge on any atom is -0.504 e. The van der Waals surface area contributed by atoms with Crippen molar-refractivity contribution in [2.75, 3.05) is 12.4 Å². The molecule has 6 nitrogen and oxygen atoms in total. The number of carbonyl (C=O) groups excluding carboxylic acids is 1. The second-order valence-electron chi connectivity index (χ2n) is 7.19. The second kappa shape index (κ2) is 5.85. The molecule has 0 unspecified atom stereocenters. The molecule has 2 heterocycles. The lowest BCUT2D eigenvalue weighted by molar-refractivity contribution is -0.116. The Morgan fingerprint density at radius 2 is 2.12 bits per heavy atom. The maximum atomic E-state index is 12.3. The van der Waals surface area contributed by atoms with E-state index in [9.17, 15) is 15.2 Å². The minimum absolute atomic E-state index is 0.0412. The van der Waals surface area contributed by atoms with Crippen LogP contribution in [0.3, 0.4) is 0 Å². The van der Waals surface area contributed by atoms with Gasteiger partial charge in [0.1, 0.15) is 11.9 Å². The van der Waals surface area contributed by atoms with Gasteiger partial charge in [0.2, 0.25) is 5.91 Å². The number of ether oxygens (including phenoxy) is 1. The number of benzene rings is 1. The second-order valence-corrected chi connectivity index (χ2v) is 7.19. The van der Waals surface area contributed by atoms with E-state index in [-0.39, 0.29) is 29.5 Å². The predicted molar refractivity (Wildman–Crippen MR) is 93.9 cm³/mol. The van der Waals surface area contributed by atoms with Crippen LogP contribution in [-0.4, -0.2) is 22.7 Å². The molecule has 2 aromatic rings. The highest BCUT2D eigenvalue weighted by molar-refractivity contribution is 5.95. The fraction of sp³-hybridized carbons (Fsp3) is 0.368. The lowest BCUT2D eigenvalue weighted by Crippen LogP contribution is -2.29. The third-order valence-corrected chi connectivity index (χ3v) is 4.49. The molecule has 2 N–H and O–H groups in total. The van der Waals surface area contributed by atoms with E-state index in [1.807, 2.05) is 25.3 Å². The van der Waals surface area contributed by atoms with Crippen LogP contribution in [0.5, 0.6) is 11.5 Å². The van der Waals surface area contributed by atoms with Gasteiger partial charge in [-0.15, -0.1) is 0 Å². The number of phenolic OH excluding ortho intramolecular Hbond substituents is 1. The molecule has 1 aromatic heterocycles. The molecule has 0 fully saturated rings. The van der Waals surface area contributed by atoms with Crippen LogP contribution in [0.1, 0.15) is 49.8 Å². The number of phenols is 1. The Morgan fingerprint density at radius 1 is 1.40 bits per heavy atom. The third-order valence-electron chi connectivity index (χ3n) is 4.49. The van der Waals surface area contributed by atoms with Gasteiger partial charge in [0, 0.05) is 29.6 Å². The number of nitriles is 1. The molecule has 1 atom stereocenters. The maximum absolute atomic E-state index is 12.3. The number of methoxy groups -OCH3 is 1. The first-order chi connectivity index (χ1) is 11.8. The van der Waals surface area contributed by atoms with Crippen LogP contribution < -0.4 is 10.1 Å². The fourth-order valence-electron chi connectivity index (χ4n) is 3.29. The zero-order chi connectivity index (χ0) is 18.4. The Morgan fingerprint density at radius 3 is 2.72 bits per heavy atom. The lowest BCUT2D eigenvalue weighted by atomic mass is 9.85. The summed E-state index contributed by atoms with van der Waals surface area (Å²) in [5.41, 5.74) is 1.90. The molecule has 0 radical (unpaired) electrons. The van der Waals surface area contributed by atoms with E-state index >= 15 is 0 Å². The van der Waals surface area contributed by atoms with Gasteiger partial charge in [0.25, 0.3) is 0 Å². The van der Waals surface area contributed by atoms with Crippen molar-refractivity contribution in [3.8, 4) is 17.6 Å². The summed E-state index contributed by atoms with van der Waals surface area (Å²) in [6, 6.07) is 7.28. The summed E-state index contributed by atoms with van der Waals surface area (Å²) < 4.78 is 7.12. The Hall–Kier alpha value is -2.94. The number of nitrogens with one attached hydrogen (secondary N) is 1. The lowest BCUT2D eigenvalue weighted by Gasteiger charge is -2.29. The number of fused-ring (bicyclic) bond motifs is 1. The topological polar surface area (TPSA) is 87.3 Å². The van der Waals surface area contributed by atoms with Gasteiger partial charge >= 0.3 is 0 Å². The molecule has 25 heavy (non-hydrogen) atoms. The molecule has 130 valence electrons. The molecule has 0 saturated carbocycles. The molecule has 0 bridgehead atoms. The van der Waals surface area contributed by atoms with E-state index in [4.69, 9.17) is 4.74 Å². The van der Waals surface area contributed by atoms with Crippen LogP contribution >= 0.6 is 0 Å². The molecule has 1 amide bonds. The van der Waals surface area contributed by atoms with E-state index in [2.05, 4.69) is 11.4 Å². The van der Waals surface area contributed by atoms with Crippen molar-refractivity contribution in [3.05, 3.63) is 41.1 Å². The summed E-state index contributed by atoms with van der Waals surface area (Å²) in [5.74, 6) is 0.685. The highest BCUT2D eigenvalue weighted by atomic mass is 16.5. The van der Waals surface area contributed by atoms with Crippen LogP contribution in [0.15, 0.2) is 24.4 Å². The number of aromatic hydroxyl groups is 1. The van der Waals surface area contributed by atoms with E-state index < -0.39 is 0 Å². The number of hydrogen-bond acceptors (Lipinski definition) is 4. The summed E-state index contributed by atoms with van der Waals surface area (Å²) in [7, 11) is 1.48. The summed E-state index contributed by atoms with van der Waals surface area (Å²) in [4.78, 5) is 12.3. The largest absolute Gasteiger partial charge is 0.504 e. The van der Waals surface area contributed by atoms with Gasteiger partial charge in [0.15, 0.2) is 11.5 Å². The smallest absolute Gasteiger partial charge is 0.226 e. The third kappa shape index (κ3) is 2.82. The molecule has 0 saturated heterocycles. The van der Waals surface area contributed by atoms with Gasteiger partial charge in [0.05, 0.1) is 12.7 Å². The quantitative estimate of drug-likeness (QED) is 0.879. The van der Waals surface area contributed by atoms with E-state index in [1.165, 1.54) is 7.11 Å². The molecular weight excluding hydrogens is 318 g/mol. The zero-order valence-electron chi connectivity index (χ0n) is 14.8. The van der Waals surface area contributed by atoms with Crippen LogP contribution in [0.4, 0.5) is 5.82 Å². The summed E-state index contributed by atoms with van der Waals surface area (Å²) in [5, 5.41) is 22.4. The average Bonchev–Trinajstić information content (AvgIpc) is 2.93. The SMILES string of the molecule is COc1cc([C@H]2CC(=O)Nc3c2c(C#N)cn3C(C)(C)C)ccc1O. The number of nitrogens with zero attached hydrogens (tertiary/aromatic N) is 2. The Bertz CT molecular complexity index is 885. The van der Waals surface area contributed by atoms with Crippen LogP contribution in [0.2, 0.25) is 0 Å². The molecule has 1 aliphatic heterocycles. The van der Waals surface area contributed by atoms with Gasteiger partial charge in [-0.2, -0.15) is 5.26 Å². The van der Waals surface area contributed by atoms with E-state index in [0.717, 1.165) is 11.1 Å². The zero-order valence-corrected chi connectivity index (χ0v) is 14.8. The van der Waals surface area contributed by atoms with Crippen molar-refractivity contribution in [1.29, 1.82) is 5.26 Å². The number of aromatic nitrogens is 1. The van der Waals surface area contributed by atoms with Crippen LogP contribution in [0, 0.1) is 11.3 Å². The van der Waals surface area contributed by atoms with Crippen molar-refractivity contribution < 1.29 is 14.6 Å². The molecule has 0 spiro atoms. The molecule has 1 aromatic carbocycles. The summed E-state index contributed by atoms with van der Waals surface area (Å²) in [6.45, 7) is 6.06.